The summed E-state index contributed by atoms with van der Waals surface area (Å²) in [5.41, 5.74) is 1.96. The van der Waals surface area contributed by atoms with E-state index in [0.29, 0.717) is 16.7 Å². The summed E-state index contributed by atoms with van der Waals surface area (Å²) >= 11 is 3.23. The number of hydrogen-bond donors (Lipinski definition) is 3. The maximum Gasteiger partial charge on any atom is 0.335 e. The zero-order valence-corrected chi connectivity index (χ0v) is 13.1. The van der Waals surface area contributed by atoms with Crippen molar-refractivity contribution < 1.29 is 14.7 Å². The summed E-state index contributed by atoms with van der Waals surface area (Å²) in [6.45, 7) is 0.581. The zero-order valence-electron chi connectivity index (χ0n) is 11.5. The summed E-state index contributed by atoms with van der Waals surface area (Å²) in [5, 5.41) is 14.4. The predicted molar refractivity (Wildman–Crippen MR) is 84.7 cm³/mol. The predicted octanol–water partition coefficient (Wildman–Crippen LogP) is 3.77. The summed E-state index contributed by atoms with van der Waals surface area (Å²) in [6, 6.07) is 4.23. The van der Waals surface area contributed by atoms with Gasteiger partial charge >= 0.3 is 12.0 Å². The first kappa shape index (κ1) is 15.6. The Kier molecular flexibility index (Phi) is 5.38. The molecule has 0 bridgehead atoms. The minimum absolute atomic E-state index is 0.121. The van der Waals surface area contributed by atoms with E-state index in [1.165, 1.54) is 24.1 Å². The van der Waals surface area contributed by atoms with Crippen LogP contribution in [0.5, 0.6) is 0 Å². The van der Waals surface area contributed by atoms with Gasteiger partial charge < -0.3 is 15.7 Å². The number of amides is 2. The lowest BCUT2D eigenvalue weighted by Gasteiger charge is -2.09. The van der Waals surface area contributed by atoms with Crippen LogP contribution in [-0.4, -0.2) is 23.7 Å². The SMILES string of the molecule is O=C(NCCC1=CCCC1)Nc1cc(Br)cc(C(=O)O)c1. The summed E-state index contributed by atoms with van der Waals surface area (Å²) < 4.78 is 0.605. The molecule has 0 fully saturated rings. The van der Waals surface area contributed by atoms with Gasteiger partial charge in [0.15, 0.2) is 0 Å². The molecule has 2 rings (SSSR count). The van der Waals surface area contributed by atoms with Crippen molar-refractivity contribution >= 4 is 33.6 Å². The van der Waals surface area contributed by atoms with Crippen molar-refractivity contribution in [2.75, 3.05) is 11.9 Å². The van der Waals surface area contributed by atoms with Crippen molar-refractivity contribution in [3.63, 3.8) is 0 Å². The number of anilines is 1. The maximum absolute atomic E-state index is 11.8. The van der Waals surface area contributed by atoms with Crippen molar-refractivity contribution in [1.82, 2.24) is 5.32 Å². The van der Waals surface area contributed by atoms with Crippen LogP contribution in [-0.2, 0) is 0 Å². The molecule has 1 aromatic rings. The summed E-state index contributed by atoms with van der Waals surface area (Å²) in [5.74, 6) is -1.03. The normalized spacial score (nSPS) is 13.7. The van der Waals surface area contributed by atoms with E-state index in [0.717, 1.165) is 19.3 Å². The van der Waals surface area contributed by atoms with Gasteiger partial charge in [0.05, 0.1) is 5.56 Å². The minimum atomic E-state index is -1.03. The number of carboxylic acid groups (broad SMARTS) is 1. The smallest absolute Gasteiger partial charge is 0.335 e. The van der Waals surface area contributed by atoms with Crippen LogP contribution in [0.25, 0.3) is 0 Å². The van der Waals surface area contributed by atoms with Gasteiger partial charge in [-0.05, 0) is 43.9 Å². The lowest BCUT2D eigenvalue weighted by molar-refractivity contribution is 0.0697. The molecule has 6 heteroatoms. The lowest BCUT2D eigenvalue weighted by atomic mass is 10.2. The molecule has 0 unspecified atom stereocenters. The van der Waals surface area contributed by atoms with E-state index in [-0.39, 0.29) is 11.6 Å². The third kappa shape index (κ3) is 4.90. The number of carboxylic acids is 1. The molecule has 0 atom stereocenters. The summed E-state index contributed by atoms with van der Waals surface area (Å²) in [7, 11) is 0. The van der Waals surface area contributed by atoms with Gasteiger partial charge in [-0.3, -0.25) is 0 Å². The molecular weight excluding hydrogens is 336 g/mol. The molecule has 1 aliphatic rings. The van der Waals surface area contributed by atoms with E-state index >= 15 is 0 Å². The van der Waals surface area contributed by atoms with Gasteiger partial charge in [0.1, 0.15) is 0 Å². The van der Waals surface area contributed by atoms with Crippen LogP contribution >= 0.6 is 15.9 Å². The second kappa shape index (κ2) is 7.26. The topological polar surface area (TPSA) is 78.4 Å². The van der Waals surface area contributed by atoms with Crippen LogP contribution in [0.2, 0.25) is 0 Å². The van der Waals surface area contributed by atoms with E-state index in [1.807, 2.05) is 0 Å². The number of hydrogen-bond acceptors (Lipinski definition) is 2. The van der Waals surface area contributed by atoms with Gasteiger partial charge in [0, 0.05) is 16.7 Å². The Morgan fingerprint density at radius 1 is 1.29 bits per heavy atom. The van der Waals surface area contributed by atoms with Crippen molar-refractivity contribution in [3.05, 3.63) is 39.9 Å². The molecule has 21 heavy (non-hydrogen) atoms. The number of urea groups is 1. The van der Waals surface area contributed by atoms with Gasteiger partial charge in [-0.25, -0.2) is 9.59 Å². The fourth-order valence-corrected chi connectivity index (χ4v) is 2.75. The van der Waals surface area contributed by atoms with Gasteiger partial charge in [-0.15, -0.1) is 0 Å². The molecule has 1 aromatic carbocycles. The molecule has 0 saturated carbocycles. The van der Waals surface area contributed by atoms with Crippen molar-refractivity contribution in [2.24, 2.45) is 0 Å². The van der Waals surface area contributed by atoms with Gasteiger partial charge in [-0.1, -0.05) is 27.6 Å². The number of carbonyl (C=O) groups excluding carboxylic acids is 1. The van der Waals surface area contributed by atoms with E-state index < -0.39 is 5.97 Å². The van der Waals surface area contributed by atoms with Crippen molar-refractivity contribution in [3.8, 4) is 0 Å². The molecule has 0 spiro atoms. The molecule has 0 aliphatic heterocycles. The third-order valence-corrected chi connectivity index (χ3v) is 3.73. The van der Waals surface area contributed by atoms with Gasteiger partial charge in [0.2, 0.25) is 0 Å². The van der Waals surface area contributed by atoms with E-state index in [2.05, 4.69) is 32.6 Å². The number of rotatable bonds is 5. The Morgan fingerprint density at radius 3 is 2.76 bits per heavy atom. The highest BCUT2D eigenvalue weighted by atomic mass is 79.9. The molecule has 2 amide bonds. The highest BCUT2D eigenvalue weighted by Crippen LogP contribution is 2.21. The Balaban J connectivity index is 1.85. The Bertz CT molecular complexity index is 584. The number of aromatic carboxylic acids is 1. The molecule has 3 N–H and O–H groups in total. The first-order chi connectivity index (χ1) is 10.0. The second-order valence-corrected chi connectivity index (χ2v) is 5.83. The van der Waals surface area contributed by atoms with Crippen LogP contribution in [0.1, 0.15) is 36.0 Å². The fourth-order valence-electron chi connectivity index (χ4n) is 2.26. The Labute approximate surface area is 131 Å². The van der Waals surface area contributed by atoms with Gasteiger partial charge in [-0.2, -0.15) is 0 Å². The van der Waals surface area contributed by atoms with E-state index in [1.54, 1.807) is 6.07 Å². The van der Waals surface area contributed by atoms with Crippen LogP contribution in [0, 0.1) is 0 Å². The number of allylic oxidation sites excluding steroid dienone is 1. The highest BCUT2D eigenvalue weighted by Gasteiger charge is 2.09. The molecule has 5 nitrogen and oxygen atoms in total. The van der Waals surface area contributed by atoms with Crippen molar-refractivity contribution in [2.45, 2.75) is 25.7 Å². The number of halogens is 1. The molecule has 112 valence electrons. The monoisotopic (exact) mass is 352 g/mol. The average Bonchev–Trinajstić information content (AvgIpc) is 2.91. The Hall–Kier alpha value is -1.82. The fraction of sp³-hybridized carbons (Fsp3) is 0.333. The lowest BCUT2D eigenvalue weighted by Crippen LogP contribution is -2.29. The highest BCUT2D eigenvalue weighted by molar-refractivity contribution is 9.10. The molecule has 0 saturated heterocycles. The minimum Gasteiger partial charge on any atom is -0.478 e. The van der Waals surface area contributed by atoms with Crippen LogP contribution < -0.4 is 10.6 Å². The van der Waals surface area contributed by atoms with Crippen LogP contribution in [0.4, 0.5) is 10.5 Å². The van der Waals surface area contributed by atoms with E-state index in [9.17, 15) is 9.59 Å². The number of nitrogens with one attached hydrogen (secondary N) is 2. The van der Waals surface area contributed by atoms with E-state index in [4.69, 9.17) is 5.11 Å². The second-order valence-electron chi connectivity index (χ2n) is 4.92. The third-order valence-electron chi connectivity index (χ3n) is 3.27. The van der Waals surface area contributed by atoms with Crippen molar-refractivity contribution in [1.29, 1.82) is 0 Å². The maximum atomic E-state index is 11.8. The average molecular weight is 353 g/mol. The zero-order chi connectivity index (χ0) is 15.2. The first-order valence-electron chi connectivity index (χ1n) is 6.81. The van der Waals surface area contributed by atoms with Crippen LogP contribution in [0.3, 0.4) is 0 Å². The molecular formula is C15H17BrN2O3. The summed E-state index contributed by atoms with van der Waals surface area (Å²) in [4.78, 5) is 22.7. The Morgan fingerprint density at radius 2 is 2.10 bits per heavy atom. The number of benzene rings is 1. The quantitative estimate of drug-likeness (QED) is 0.705. The molecule has 0 radical (unpaired) electrons. The standard InChI is InChI=1S/C15H17BrN2O3/c16-12-7-11(14(19)20)8-13(9-12)18-15(21)17-6-5-10-3-1-2-4-10/h3,7-9H,1-2,4-6H2,(H,19,20)(H2,17,18,21). The summed E-state index contributed by atoms with van der Waals surface area (Å²) in [6.07, 6.45) is 6.56. The first-order valence-corrected chi connectivity index (χ1v) is 7.60. The largest absolute Gasteiger partial charge is 0.478 e. The molecule has 0 aromatic heterocycles. The molecule has 1 aliphatic carbocycles. The number of carbonyl (C=O) groups is 2. The van der Waals surface area contributed by atoms with Gasteiger partial charge in [0.25, 0.3) is 0 Å². The molecule has 0 heterocycles. The van der Waals surface area contributed by atoms with Crippen LogP contribution in [0.15, 0.2) is 34.3 Å².